The van der Waals surface area contributed by atoms with Gasteiger partial charge in [-0.25, -0.2) is 0 Å². The monoisotopic (exact) mass is 290 g/mol. The summed E-state index contributed by atoms with van der Waals surface area (Å²) in [4.78, 5) is 22.3. The molecule has 20 heavy (non-hydrogen) atoms. The molecule has 0 aliphatic heterocycles. The topological polar surface area (TPSA) is 85.9 Å². The maximum Gasteiger partial charge on any atom is 0.246 e. The van der Waals surface area contributed by atoms with Crippen molar-refractivity contribution < 1.29 is 23.8 Å². The van der Waals surface area contributed by atoms with Crippen LogP contribution in [-0.4, -0.2) is 65.0 Å². The third-order valence-corrected chi connectivity index (χ3v) is 2.30. The lowest BCUT2D eigenvalue weighted by Crippen LogP contribution is -2.31. The Morgan fingerprint density at radius 2 is 1.55 bits per heavy atom. The fourth-order valence-electron chi connectivity index (χ4n) is 1.29. The van der Waals surface area contributed by atoms with Crippen molar-refractivity contribution in [3.05, 3.63) is 0 Å². The van der Waals surface area contributed by atoms with Gasteiger partial charge in [0.25, 0.3) is 0 Å². The van der Waals surface area contributed by atoms with Crippen LogP contribution in [0, 0.1) is 0 Å². The van der Waals surface area contributed by atoms with Gasteiger partial charge in [-0.05, 0) is 6.42 Å². The lowest BCUT2D eigenvalue weighted by Gasteiger charge is -2.07. The van der Waals surface area contributed by atoms with Gasteiger partial charge in [0.05, 0.1) is 19.8 Å². The van der Waals surface area contributed by atoms with Crippen molar-refractivity contribution in [2.75, 3.05) is 53.2 Å². The molecule has 0 saturated heterocycles. The first kappa shape index (κ1) is 18.8. The van der Waals surface area contributed by atoms with Gasteiger partial charge in [-0.2, -0.15) is 0 Å². The Labute approximate surface area is 120 Å². The second-order valence-electron chi connectivity index (χ2n) is 4.15. The molecule has 118 valence electrons. The highest BCUT2D eigenvalue weighted by Gasteiger charge is 2.00. The first-order chi connectivity index (χ1) is 9.70. The largest absolute Gasteiger partial charge is 0.377 e. The van der Waals surface area contributed by atoms with Crippen molar-refractivity contribution in [3.63, 3.8) is 0 Å². The highest BCUT2D eigenvalue weighted by molar-refractivity contribution is 5.77. The Morgan fingerprint density at radius 1 is 0.900 bits per heavy atom. The average Bonchev–Trinajstić information content (AvgIpc) is 2.42. The second kappa shape index (κ2) is 14.2. The molecule has 0 fully saturated rings. The van der Waals surface area contributed by atoms with E-state index in [0.717, 1.165) is 12.8 Å². The van der Waals surface area contributed by atoms with Crippen LogP contribution >= 0.6 is 0 Å². The molecule has 2 amide bonds. The van der Waals surface area contributed by atoms with Crippen molar-refractivity contribution in [1.29, 1.82) is 0 Å². The van der Waals surface area contributed by atoms with Crippen LogP contribution in [0.5, 0.6) is 0 Å². The van der Waals surface area contributed by atoms with E-state index in [1.165, 1.54) is 7.11 Å². The van der Waals surface area contributed by atoms with Crippen molar-refractivity contribution in [2.24, 2.45) is 0 Å². The van der Waals surface area contributed by atoms with E-state index in [0.29, 0.717) is 32.9 Å². The van der Waals surface area contributed by atoms with Gasteiger partial charge in [0.2, 0.25) is 11.8 Å². The SMILES string of the molecule is CCCCNC(=O)COCCOCCNC(=O)COC. The van der Waals surface area contributed by atoms with E-state index in [1.807, 2.05) is 0 Å². The Hall–Kier alpha value is -1.18. The van der Waals surface area contributed by atoms with Crippen LogP contribution in [0.2, 0.25) is 0 Å². The molecule has 0 atom stereocenters. The summed E-state index contributed by atoms with van der Waals surface area (Å²) in [5.41, 5.74) is 0. The fourth-order valence-corrected chi connectivity index (χ4v) is 1.29. The van der Waals surface area contributed by atoms with E-state index in [2.05, 4.69) is 22.3 Å². The second-order valence-corrected chi connectivity index (χ2v) is 4.15. The van der Waals surface area contributed by atoms with Gasteiger partial charge in [0.1, 0.15) is 13.2 Å². The van der Waals surface area contributed by atoms with Crippen LogP contribution in [-0.2, 0) is 23.8 Å². The molecule has 0 aliphatic rings. The van der Waals surface area contributed by atoms with Gasteiger partial charge in [-0.1, -0.05) is 13.3 Å². The van der Waals surface area contributed by atoms with Crippen molar-refractivity contribution in [1.82, 2.24) is 10.6 Å². The summed E-state index contributed by atoms with van der Waals surface area (Å²) in [5, 5.41) is 5.38. The number of amides is 2. The fraction of sp³-hybridized carbons (Fsp3) is 0.846. The number of ether oxygens (including phenoxy) is 3. The summed E-state index contributed by atoms with van der Waals surface area (Å²) in [6.45, 7) is 4.44. The zero-order valence-corrected chi connectivity index (χ0v) is 12.4. The number of hydrogen-bond donors (Lipinski definition) is 2. The summed E-state index contributed by atoms with van der Waals surface area (Å²) in [6.07, 6.45) is 2.03. The number of methoxy groups -OCH3 is 1. The molecule has 0 spiro atoms. The van der Waals surface area contributed by atoms with Crippen LogP contribution in [0.1, 0.15) is 19.8 Å². The minimum absolute atomic E-state index is 0.0518. The third-order valence-electron chi connectivity index (χ3n) is 2.30. The molecule has 0 bridgehead atoms. The van der Waals surface area contributed by atoms with Gasteiger partial charge < -0.3 is 24.8 Å². The zero-order chi connectivity index (χ0) is 15.1. The molecule has 7 nitrogen and oxygen atoms in total. The van der Waals surface area contributed by atoms with Gasteiger partial charge in [-0.3, -0.25) is 9.59 Å². The van der Waals surface area contributed by atoms with E-state index >= 15 is 0 Å². The van der Waals surface area contributed by atoms with Crippen molar-refractivity contribution in [3.8, 4) is 0 Å². The van der Waals surface area contributed by atoms with E-state index < -0.39 is 0 Å². The molecule has 7 heteroatoms. The highest BCUT2D eigenvalue weighted by Crippen LogP contribution is 1.83. The van der Waals surface area contributed by atoms with Gasteiger partial charge in [0, 0.05) is 20.2 Å². The minimum Gasteiger partial charge on any atom is -0.377 e. The smallest absolute Gasteiger partial charge is 0.246 e. The molecule has 0 radical (unpaired) electrons. The summed E-state index contributed by atoms with van der Waals surface area (Å²) in [6, 6.07) is 0. The number of rotatable bonds is 13. The summed E-state index contributed by atoms with van der Waals surface area (Å²) in [5.74, 6) is -0.277. The van der Waals surface area contributed by atoms with Crippen molar-refractivity contribution >= 4 is 11.8 Å². The number of carbonyl (C=O) groups excluding carboxylic acids is 2. The Bertz CT molecular complexity index is 261. The Morgan fingerprint density at radius 3 is 2.25 bits per heavy atom. The van der Waals surface area contributed by atoms with E-state index in [9.17, 15) is 9.59 Å². The first-order valence-corrected chi connectivity index (χ1v) is 6.88. The highest BCUT2D eigenvalue weighted by atomic mass is 16.5. The molecule has 0 saturated carbocycles. The molecule has 0 aliphatic carbocycles. The molecule has 0 heterocycles. The Balaban J connectivity index is 3.20. The minimum atomic E-state index is -0.170. The van der Waals surface area contributed by atoms with E-state index in [1.54, 1.807) is 0 Å². The summed E-state index contributed by atoms with van der Waals surface area (Å²) >= 11 is 0. The predicted molar refractivity (Wildman–Crippen MR) is 74.4 cm³/mol. The van der Waals surface area contributed by atoms with Crippen LogP contribution < -0.4 is 10.6 Å². The summed E-state index contributed by atoms with van der Waals surface area (Å²) < 4.78 is 15.0. The molecule has 0 aromatic rings. The molecule has 2 N–H and O–H groups in total. The van der Waals surface area contributed by atoms with Crippen LogP contribution in [0.4, 0.5) is 0 Å². The number of hydrogen-bond acceptors (Lipinski definition) is 5. The van der Waals surface area contributed by atoms with Gasteiger partial charge >= 0.3 is 0 Å². The maximum absolute atomic E-state index is 11.3. The normalized spacial score (nSPS) is 10.3. The lowest BCUT2D eigenvalue weighted by atomic mass is 10.3. The van der Waals surface area contributed by atoms with E-state index in [4.69, 9.17) is 9.47 Å². The third kappa shape index (κ3) is 13.3. The molecular formula is C13H26N2O5. The molecule has 0 unspecified atom stereocenters. The van der Waals surface area contributed by atoms with Crippen LogP contribution in [0.25, 0.3) is 0 Å². The van der Waals surface area contributed by atoms with Crippen LogP contribution in [0.3, 0.4) is 0 Å². The molecule has 0 aromatic carbocycles. The summed E-state index contributed by atoms with van der Waals surface area (Å²) in [7, 11) is 1.46. The van der Waals surface area contributed by atoms with Crippen LogP contribution in [0.15, 0.2) is 0 Å². The Kier molecular flexibility index (Phi) is 13.4. The van der Waals surface area contributed by atoms with E-state index in [-0.39, 0.29) is 25.0 Å². The number of nitrogens with one attached hydrogen (secondary N) is 2. The quantitative estimate of drug-likeness (QED) is 0.455. The zero-order valence-electron chi connectivity index (χ0n) is 12.4. The average molecular weight is 290 g/mol. The van der Waals surface area contributed by atoms with Gasteiger partial charge in [0.15, 0.2) is 0 Å². The van der Waals surface area contributed by atoms with Gasteiger partial charge in [-0.15, -0.1) is 0 Å². The lowest BCUT2D eigenvalue weighted by molar-refractivity contribution is -0.127. The number of unbranched alkanes of at least 4 members (excludes halogenated alkanes) is 1. The van der Waals surface area contributed by atoms with Crippen molar-refractivity contribution in [2.45, 2.75) is 19.8 Å². The maximum atomic E-state index is 11.3. The number of carbonyl (C=O) groups is 2. The molecular weight excluding hydrogens is 264 g/mol. The predicted octanol–water partition coefficient (Wildman–Crippen LogP) is -0.301. The standard InChI is InChI=1S/C13H26N2O5/c1-3-4-5-14-13(17)11-20-9-8-19-7-6-15-12(16)10-18-2/h3-11H2,1-2H3,(H,14,17)(H,15,16). The molecule has 0 aromatic heterocycles. The first-order valence-electron chi connectivity index (χ1n) is 6.88. The molecule has 0 rings (SSSR count).